The molecule has 1 aromatic heterocycles. The Morgan fingerprint density at radius 1 is 1.11 bits per heavy atom. The molecule has 1 aliphatic heterocycles. The Labute approximate surface area is 215 Å². The number of fused-ring (bicyclic) bond motifs is 1. The van der Waals surface area contributed by atoms with Crippen LogP contribution in [0.15, 0.2) is 30.5 Å². The van der Waals surface area contributed by atoms with Crippen LogP contribution >= 0.6 is 12.6 Å². The molecule has 5 unspecified atom stereocenters. The largest absolute Gasteiger partial charge is 0.480 e. The quantitative estimate of drug-likeness (QED) is 0.208. The Balaban J connectivity index is 1.82. The molecule has 0 radical (unpaired) electrons. The summed E-state index contributed by atoms with van der Waals surface area (Å²) in [6.07, 6.45) is 4.17. The highest BCUT2D eigenvalue weighted by molar-refractivity contribution is 7.80. The zero-order valence-corrected chi connectivity index (χ0v) is 21.4. The van der Waals surface area contributed by atoms with E-state index >= 15 is 0 Å². The number of thiol groups is 1. The molecule has 0 saturated carbocycles. The maximum absolute atomic E-state index is 13.5. The summed E-state index contributed by atoms with van der Waals surface area (Å²) >= 11 is 3.99. The van der Waals surface area contributed by atoms with Crippen molar-refractivity contribution in [2.24, 2.45) is 5.92 Å². The van der Waals surface area contributed by atoms with Gasteiger partial charge in [-0.15, -0.1) is 0 Å². The number of H-pyrrole nitrogens is 1. The van der Waals surface area contributed by atoms with E-state index in [1.54, 1.807) is 6.92 Å². The van der Waals surface area contributed by atoms with E-state index in [0.29, 0.717) is 12.8 Å². The van der Waals surface area contributed by atoms with E-state index in [2.05, 4.69) is 38.9 Å². The van der Waals surface area contributed by atoms with Crippen molar-refractivity contribution in [3.8, 4) is 0 Å². The molecule has 3 rings (SSSR count). The molecular formula is C25H35N5O5S. The lowest BCUT2D eigenvalue weighted by Gasteiger charge is -2.28. The van der Waals surface area contributed by atoms with Gasteiger partial charge in [0.1, 0.15) is 18.1 Å². The summed E-state index contributed by atoms with van der Waals surface area (Å²) in [5, 5.41) is 21.5. The third kappa shape index (κ3) is 6.79. The second kappa shape index (κ2) is 12.8. The molecule has 2 heterocycles. The Morgan fingerprint density at radius 3 is 2.50 bits per heavy atom. The van der Waals surface area contributed by atoms with Crippen LogP contribution in [0.3, 0.4) is 0 Å². The fraction of sp³-hybridized carbons (Fsp3) is 0.520. The molecular weight excluding hydrogens is 482 g/mol. The smallest absolute Gasteiger partial charge is 0.327 e. The molecule has 1 fully saturated rings. The molecule has 0 bridgehead atoms. The minimum atomic E-state index is -1.21. The van der Waals surface area contributed by atoms with Crippen molar-refractivity contribution in [3.63, 3.8) is 0 Å². The lowest BCUT2D eigenvalue weighted by Crippen LogP contribution is -2.59. The summed E-state index contributed by atoms with van der Waals surface area (Å²) in [6.45, 7) is 4.42. The number of aromatic nitrogens is 1. The molecule has 2 aromatic rings. The highest BCUT2D eigenvalue weighted by atomic mass is 32.1. The topological polar surface area (TPSA) is 152 Å². The molecule has 36 heavy (non-hydrogen) atoms. The van der Waals surface area contributed by atoms with Gasteiger partial charge in [0.25, 0.3) is 0 Å². The van der Waals surface area contributed by atoms with E-state index in [9.17, 15) is 24.3 Å². The van der Waals surface area contributed by atoms with Gasteiger partial charge in [0.05, 0.1) is 6.04 Å². The molecule has 3 amide bonds. The number of aliphatic carboxylic acids is 1. The summed E-state index contributed by atoms with van der Waals surface area (Å²) < 4.78 is 0. The fourth-order valence-electron chi connectivity index (χ4n) is 4.31. The van der Waals surface area contributed by atoms with Gasteiger partial charge >= 0.3 is 5.97 Å². The first kappa shape index (κ1) is 27.5. The van der Waals surface area contributed by atoms with Gasteiger partial charge in [0.2, 0.25) is 17.7 Å². The maximum atomic E-state index is 13.5. The third-order valence-electron chi connectivity index (χ3n) is 6.70. The molecule has 0 aliphatic carbocycles. The first-order valence-electron chi connectivity index (χ1n) is 12.3. The van der Waals surface area contributed by atoms with Gasteiger partial charge in [-0.05, 0) is 36.9 Å². The van der Waals surface area contributed by atoms with Crippen LogP contribution in [0.4, 0.5) is 0 Å². The van der Waals surface area contributed by atoms with E-state index in [0.717, 1.165) is 29.4 Å². The first-order chi connectivity index (χ1) is 17.2. The highest BCUT2D eigenvalue weighted by Gasteiger charge is 2.33. The highest BCUT2D eigenvalue weighted by Crippen LogP contribution is 2.20. The number of carbonyl (C=O) groups is 4. The molecule has 196 valence electrons. The fourth-order valence-corrected chi connectivity index (χ4v) is 4.56. The molecule has 1 saturated heterocycles. The number of benzene rings is 1. The van der Waals surface area contributed by atoms with Gasteiger partial charge in [-0.2, -0.15) is 12.6 Å². The molecule has 6 N–H and O–H groups in total. The van der Waals surface area contributed by atoms with Crippen LogP contribution in [0.2, 0.25) is 0 Å². The molecule has 1 aromatic carbocycles. The number of hydrogen-bond donors (Lipinski definition) is 7. The number of carboxylic acid groups (broad SMARTS) is 1. The molecule has 11 heteroatoms. The van der Waals surface area contributed by atoms with Crippen molar-refractivity contribution in [1.29, 1.82) is 0 Å². The van der Waals surface area contributed by atoms with Crippen molar-refractivity contribution in [2.75, 3.05) is 12.3 Å². The normalized spacial score (nSPS) is 18.7. The summed E-state index contributed by atoms with van der Waals surface area (Å²) in [5.74, 6) is -2.95. The van der Waals surface area contributed by atoms with E-state index in [-0.39, 0.29) is 30.0 Å². The predicted octanol–water partition coefficient (Wildman–Crippen LogP) is 0.977. The van der Waals surface area contributed by atoms with E-state index in [4.69, 9.17) is 0 Å². The Kier molecular flexibility index (Phi) is 9.77. The van der Waals surface area contributed by atoms with Crippen LogP contribution in [0, 0.1) is 5.92 Å². The second-order valence-electron chi connectivity index (χ2n) is 9.23. The van der Waals surface area contributed by atoms with Crippen molar-refractivity contribution in [2.45, 2.75) is 63.7 Å². The zero-order valence-electron chi connectivity index (χ0n) is 20.5. The van der Waals surface area contributed by atoms with Gasteiger partial charge in [0, 0.05) is 29.3 Å². The lowest BCUT2D eigenvalue weighted by atomic mass is 9.96. The van der Waals surface area contributed by atoms with Crippen LogP contribution in [-0.2, 0) is 25.6 Å². The van der Waals surface area contributed by atoms with Crippen LogP contribution in [0.1, 0.15) is 38.7 Å². The number of aromatic amines is 1. The van der Waals surface area contributed by atoms with Gasteiger partial charge in [0.15, 0.2) is 0 Å². The number of nitrogens with one attached hydrogen (secondary N) is 5. The molecule has 1 aliphatic rings. The number of rotatable bonds is 12. The molecule has 5 atom stereocenters. The van der Waals surface area contributed by atoms with Gasteiger partial charge in [-0.25, -0.2) is 4.79 Å². The lowest BCUT2D eigenvalue weighted by molar-refractivity contribution is -0.142. The van der Waals surface area contributed by atoms with Crippen molar-refractivity contribution < 1.29 is 24.3 Å². The minimum Gasteiger partial charge on any atom is -0.480 e. The Hall–Kier alpha value is -3.05. The van der Waals surface area contributed by atoms with Crippen LogP contribution in [0.5, 0.6) is 0 Å². The molecule has 10 nitrogen and oxygen atoms in total. The van der Waals surface area contributed by atoms with Crippen molar-refractivity contribution in [3.05, 3.63) is 36.0 Å². The SMILES string of the molecule is CCC(C)C(NC(=O)C(Cc1c[nH]c2ccccc12)NC(=O)C1CCCN1)C(=O)NC(CS)C(=O)O. The average Bonchev–Trinajstić information content (AvgIpc) is 3.55. The predicted molar refractivity (Wildman–Crippen MR) is 140 cm³/mol. The number of hydrogen-bond acceptors (Lipinski definition) is 6. The van der Waals surface area contributed by atoms with Crippen LogP contribution in [-0.4, -0.2) is 70.2 Å². The minimum absolute atomic E-state index is 0.0874. The van der Waals surface area contributed by atoms with Crippen molar-refractivity contribution in [1.82, 2.24) is 26.3 Å². The Bertz CT molecular complexity index is 1080. The summed E-state index contributed by atoms with van der Waals surface area (Å²) in [5.41, 5.74) is 1.77. The van der Waals surface area contributed by atoms with Crippen LogP contribution < -0.4 is 21.3 Å². The summed E-state index contributed by atoms with van der Waals surface area (Å²) in [4.78, 5) is 54.0. The number of para-hydroxylation sites is 1. The first-order valence-corrected chi connectivity index (χ1v) is 12.9. The van der Waals surface area contributed by atoms with Gasteiger partial charge < -0.3 is 31.4 Å². The number of carboxylic acids is 1. The monoisotopic (exact) mass is 517 g/mol. The zero-order chi connectivity index (χ0) is 26.2. The number of amides is 3. The van der Waals surface area contributed by atoms with E-state index < -0.39 is 35.9 Å². The molecule has 0 spiro atoms. The third-order valence-corrected chi connectivity index (χ3v) is 7.06. The average molecular weight is 518 g/mol. The summed E-state index contributed by atoms with van der Waals surface area (Å²) in [7, 11) is 0. The van der Waals surface area contributed by atoms with Gasteiger partial charge in [-0.1, -0.05) is 38.5 Å². The standard InChI is InChI=1S/C25H35N5O5S/c1-3-14(2)21(24(33)29-20(13-36)25(34)35)30-23(32)19(28-22(31)18-9-6-10-26-18)11-15-12-27-17-8-5-4-7-16(15)17/h4-5,7-8,12,14,18-21,26-27,36H,3,6,9-11,13H2,1-2H3,(H,28,31)(H,29,33)(H,30,32)(H,34,35). The second-order valence-corrected chi connectivity index (χ2v) is 9.59. The van der Waals surface area contributed by atoms with Crippen molar-refractivity contribution >= 4 is 47.2 Å². The van der Waals surface area contributed by atoms with E-state index in [1.165, 1.54) is 0 Å². The summed E-state index contributed by atoms with van der Waals surface area (Å²) in [6, 6.07) is 4.22. The van der Waals surface area contributed by atoms with E-state index in [1.807, 2.05) is 37.4 Å². The Morgan fingerprint density at radius 2 is 1.86 bits per heavy atom. The number of carbonyl (C=O) groups excluding carboxylic acids is 3. The van der Waals surface area contributed by atoms with Gasteiger partial charge in [-0.3, -0.25) is 14.4 Å². The van der Waals surface area contributed by atoms with Crippen LogP contribution in [0.25, 0.3) is 10.9 Å². The maximum Gasteiger partial charge on any atom is 0.327 e.